The monoisotopic (exact) mass is 282 g/mol. The average Bonchev–Trinajstić information content (AvgIpc) is 2.66. The van der Waals surface area contributed by atoms with Gasteiger partial charge in [0.15, 0.2) is 5.76 Å². The van der Waals surface area contributed by atoms with Crippen LogP contribution in [0.25, 0.3) is 11.3 Å². The molecule has 0 unspecified atom stereocenters. The topological polar surface area (TPSA) is 75.4 Å². The lowest BCUT2D eigenvalue weighted by Gasteiger charge is -2.00. The fraction of sp³-hybridized carbons (Fsp3) is 0. The number of hydrogen-bond acceptors (Lipinski definition) is 3. The van der Waals surface area contributed by atoms with Crippen LogP contribution in [0, 0.1) is 0 Å². The number of carboxylic acid groups (broad SMARTS) is 1. The van der Waals surface area contributed by atoms with Crippen molar-refractivity contribution in [2.75, 3.05) is 5.32 Å². The molecule has 16 heavy (non-hydrogen) atoms. The van der Waals surface area contributed by atoms with Crippen molar-refractivity contribution >= 4 is 27.7 Å². The molecule has 82 valence electrons. The van der Waals surface area contributed by atoms with Gasteiger partial charge < -0.3 is 9.63 Å². The lowest BCUT2D eigenvalue weighted by molar-refractivity contribution is 0.209. The molecule has 2 N–H and O–H groups in total. The Balaban J connectivity index is 2.36. The van der Waals surface area contributed by atoms with Crippen molar-refractivity contribution in [2.24, 2.45) is 0 Å². The van der Waals surface area contributed by atoms with E-state index in [2.05, 4.69) is 26.4 Å². The molecule has 1 heterocycles. The Kier molecular flexibility index (Phi) is 2.91. The number of nitrogens with one attached hydrogen (secondary N) is 1. The largest absolute Gasteiger partial charge is 0.465 e. The highest BCUT2D eigenvalue weighted by atomic mass is 79.9. The molecule has 0 bridgehead atoms. The van der Waals surface area contributed by atoms with Crippen LogP contribution in [-0.2, 0) is 0 Å². The van der Waals surface area contributed by atoms with Gasteiger partial charge in [0.05, 0.1) is 6.20 Å². The van der Waals surface area contributed by atoms with E-state index < -0.39 is 6.09 Å². The van der Waals surface area contributed by atoms with Gasteiger partial charge in [-0.25, -0.2) is 4.79 Å². The summed E-state index contributed by atoms with van der Waals surface area (Å²) in [6.07, 6.45) is 0.174. The van der Waals surface area contributed by atoms with Crippen LogP contribution in [0.15, 0.2) is 39.5 Å². The lowest BCUT2D eigenvalue weighted by atomic mass is 10.1. The van der Waals surface area contributed by atoms with Crippen molar-refractivity contribution in [3.8, 4) is 11.3 Å². The zero-order valence-corrected chi connectivity index (χ0v) is 9.56. The van der Waals surface area contributed by atoms with Crippen LogP contribution in [0.1, 0.15) is 0 Å². The average molecular weight is 283 g/mol. The second-order valence-corrected chi connectivity index (χ2v) is 3.92. The molecule has 0 radical (unpaired) electrons. The molecular formula is C10H7BrN2O3. The smallest absolute Gasteiger partial charge is 0.409 e. The van der Waals surface area contributed by atoms with Gasteiger partial charge in [0.25, 0.3) is 0 Å². The number of nitrogens with zero attached hydrogens (tertiary/aromatic N) is 1. The Hall–Kier alpha value is -1.82. The summed E-state index contributed by atoms with van der Waals surface area (Å²) in [5, 5.41) is 14.4. The fourth-order valence-corrected chi connectivity index (χ4v) is 1.52. The Bertz CT molecular complexity index is 507. The first-order valence-electron chi connectivity index (χ1n) is 4.37. The summed E-state index contributed by atoms with van der Waals surface area (Å²) in [5.41, 5.74) is 1.08. The van der Waals surface area contributed by atoms with Gasteiger partial charge in [0.1, 0.15) is 5.69 Å². The Morgan fingerprint density at radius 2 is 2.06 bits per heavy atom. The highest BCUT2D eigenvalue weighted by molar-refractivity contribution is 9.10. The molecule has 2 rings (SSSR count). The number of amides is 1. The zero-order chi connectivity index (χ0) is 11.5. The number of hydrogen-bond donors (Lipinski definition) is 2. The molecule has 2 aromatic rings. The van der Waals surface area contributed by atoms with E-state index in [1.807, 2.05) is 12.1 Å². The molecule has 0 aliphatic carbocycles. The maximum atomic E-state index is 10.5. The standard InChI is InChI=1S/C10H7BrN2O3/c11-7-3-1-6(2-4-7)9-8(5-12-16-9)13-10(14)15/h1-5,13H,(H,14,15). The first kappa shape index (κ1) is 10.7. The third kappa shape index (κ3) is 2.22. The van der Waals surface area contributed by atoms with Crippen LogP contribution in [0.4, 0.5) is 10.5 Å². The molecule has 0 aliphatic heterocycles. The third-order valence-electron chi connectivity index (χ3n) is 1.92. The highest BCUT2D eigenvalue weighted by Gasteiger charge is 2.12. The maximum absolute atomic E-state index is 10.5. The quantitative estimate of drug-likeness (QED) is 0.887. The minimum Gasteiger partial charge on any atom is -0.465 e. The zero-order valence-electron chi connectivity index (χ0n) is 7.98. The van der Waals surface area contributed by atoms with E-state index in [1.54, 1.807) is 12.1 Å². The second kappa shape index (κ2) is 4.36. The SMILES string of the molecule is O=C(O)Nc1cnoc1-c1ccc(Br)cc1. The molecule has 5 nitrogen and oxygen atoms in total. The normalized spacial score (nSPS) is 10.1. The highest BCUT2D eigenvalue weighted by Crippen LogP contribution is 2.28. The van der Waals surface area contributed by atoms with Crippen LogP contribution < -0.4 is 5.32 Å². The fourth-order valence-electron chi connectivity index (χ4n) is 1.25. The van der Waals surface area contributed by atoms with Gasteiger partial charge in [-0.15, -0.1) is 0 Å². The number of carbonyl (C=O) groups is 1. The third-order valence-corrected chi connectivity index (χ3v) is 2.45. The second-order valence-electron chi connectivity index (χ2n) is 3.01. The van der Waals surface area contributed by atoms with Crippen LogP contribution in [0.2, 0.25) is 0 Å². The Morgan fingerprint density at radius 3 is 2.69 bits per heavy atom. The van der Waals surface area contributed by atoms with Crippen LogP contribution in [0.5, 0.6) is 0 Å². The Labute approximate surface area is 99.2 Å². The number of benzene rings is 1. The van der Waals surface area contributed by atoms with Gasteiger partial charge >= 0.3 is 6.09 Å². The van der Waals surface area contributed by atoms with E-state index in [0.29, 0.717) is 11.4 Å². The summed E-state index contributed by atoms with van der Waals surface area (Å²) in [7, 11) is 0. The van der Waals surface area contributed by atoms with Crippen molar-refractivity contribution in [1.82, 2.24) is 5.16 Å². The van der Waals surface area contributed by atoms with E-state index >= 15 is 0 Å². The summed E-state index contributed by atoms with van der Waals surface area (Å²) in [5.74, 6) is 0.398. The van der Waals surface area contributed by atoms with Gasteiger partial charge in [-0.3, -0.25) is 5.32 Å². The summed E-state index contributed by atoms with van der Waals surface area (Å²) >= 11 is 3.31. The molecule has 0 aliphatic rings. The van der Waals surface area contributed by atoms with Crippen molar-refractivity contribution < 1.29 is 14.4 Å². The van der Waals surface area contributed by atoms with Crippen LogP contribution >= 0.6 is 15.9 Å². The maximum Gasteiger partial charge on any atom is 0.409 e. The molecular weight excluding hydrogens is 276 g/mol. The van der Waals surface area contributed by atoms with E-state index in [1.165, 1.54) is 6.20 Å². The lowest BCUT2D eigenvalue weighted by Crippen LogP contribution is -2.06. The van der Waals surface area contributed by atoms with E-state index in [4.69, 9.17) is 9.63 Å². The van der Waals surface area contributed by atoms with Gasteiger partial charge in [0, 0.05) is 10.0 Å². The van der Waals surface area contributed by atoms with Gasteiger partial charge in [0.2, 0.25) is 0 Å². The van der Waals surface area contributed by atoms with E-state index in [-0.39, 0.29) is 0 Å². The number of anilines is 1. The predicted octanol–water partition coefficient (Wildman–Crippen LogP) is 3.19. The summed E-state index contributed by atoms with van der Waals surface area (Å²) in [6.45, 7) is 0. The molecule has 1 aromatic heterocycles. The van der Waals surface area contributed by atoms with Crippen molar-refractivity contribution in [2.45, 2.75) is 0 Å². The number of aromatic nitrogens is 1. The van der Waals surface area contributed by atoms with E-state index in [0.717, 1.165) is 10.0 Å². The summed E-state index contributed by atoms with van der Waals surface area (Å²) < 4.78 is 5.93. The molecule has 1 amide bonds. The molecule has 0 saturated carbocycles. The molecule has 1 aromatic carbocycles. The van der Waals surface area contributed by atoms with Crippen LogP contribution in [-0.4, -0.2) is 16.4 Å². The van der Waals surface area contributed by atoms with E-state index in [9.17, 15) is 4.79 Å². The molecule has 0 spiro atoms. The molecule has 0 fully saturated rings. The van der Waals surface area contributed by atoms with Crippen molar-refractivity contribution in [1.29, 1.82) is 0 Å². The van der Waals surface area contributed by atoms with Crippen molar-refractivity contribution in [3.63, 3.8) is 0 Å². The van der Waals surface area contributed by atoms with Crippen molar-refractivity contribution in [3.05, 3.63) is 34.9 Å². The van der Waals surface area contributed by atoms with Crippen LogP contribution in [0.3, 0.4) is 0 Å². The minimum atomic E-state index is -1.15. The summed E-state index contributed by atoms with van der Waals surface area (Å²) in [6, 6.07) is 7.28. The molecule has 6 heteroatoms. The van der Waals surface area contributed by atoms with Gasteiger partial charge in [-0.1, -0.05) is 21.1 Å². The number of halogens is 1. The predicted molar refractivity (Wildman–Crippen MR) is 61.3 cm³/mol. The van der Waals surface area contributed by atoms with Gasteiger partial charge in [-0.05, 0) is 24.3 Å². The van der Waals surface area contributed by atoms with Gasteiger partial charge in [-0.2, -0.15) is 0 Å². The Morgan fingerprint density at radius 1 is 1.38 bits per heavy atom. The first-order chi connectivity index (χ1) is 7.66. The number of rotatable bonds is 2. The first-order valence-corrected chi connectivity index (χ1v) is 5.16. The molecule has 0 saturated heterocycles. The summed E-state index contributed by atoms with van der Waals surface area (Å²) in [4.78, 5) is 10.5. The minimum absolute atomic E-state index is 0.329. The molecule has 0 atom stereocenters.